The Morgan fingerprint density at radius 3 is 2.20 bits per heavy atom. The number of likely N-dealkylation sites (tertiary alicyclic amines) is 1. The molecule has 0 unspecified atom stereocenters. The van der Waals surface area contributed by atoms with Crippen molar-refractivity contribution in [2.24, 2.45) is 5.41 Å². The van der Waals surface area contributed by atoms with Crippen LogP contribution in [0.5, 0.6) is 0 Å². The number of fused-ring (bicyclic) bond motifs is 2. The number of hydrogen-bond donors (Lipinski definition) is 0. The van der Waals surface area contributed by atoms with Crippen molar-refractivity contribution >= 4 is 28.9 Å². The highest BCUT2D eigenvalue weighted by Gasteiger charge is 2.55. The van der Waals surface area contributed by atoms with Crippen molar-refractivity contribution in [3.63, 3.8) is 0 Å². The van der Waals surface area contributed by atoms with E-state index in [4.69, 9.17) is 14.5 Å². The lowest BCUT2D eigenvalue weighted by Crippen LogP contribution is -2.63. The van der Waals surface area contributed by atoms with Crippen LogP contribution in [-0.2, 0) is 9.47 Å². The number of carbonyl (C=O) groups excluding carboxylic acids is 2. The maximum Gasteiger partial charge on any atom is 0.419 e. The standard InChI is InChI=1S/C34H44N6O4/c1-19(2)26-27-25(12-11-24(37-27)22-13-34(14-22)16-38(17-34)30(41)43-32(5,6)7)40(31(42)44-33(8,9)10)28(26)23-15-39-29(35-18-36-39)21(4)20(23)3/h11-12,15,18-19,22H,13-14,16-17H2,1-10H3. The summed E-state index contributed by atoms with van der Waals surface area (Å²) in [5.74, 6) is 0.371. The lowest BCUT2D eigenvalue weighted by Gasteiger charge is -2.58. The molecule has 1 saturated carbocycles. The maximum atomic E-state index is 13.9. The van der Waals surface area contributed by atoms with Gasteiger partial charge in [-0.05, 0) is 97.4 Å². The van der Waals surface area contributed by atoms with E-state index in [1.54, 1.807) is 20.3 Å². The molecular formula is C34H44N6O4. The second kappa shape index (κ2) is 10.0. The molecule has 44 heavy (non-hydrogen) atoms. The third-order valence-electron chi connectivity index (χ3n) is 8.89. The van der Waals surface area contributed by atoms with Gasteiger partial charge in [-0.1, -0.05) is 13.8 Å². The van der Waals surface area contributed by atoms with Gasteiger partial charge in [-0.2, -0.15) is 5.10 Å². The van der Waals surface area contributed by atoms with Crippen molar-refractivity contribution in [2.75, 3.05) is 13.1 Å². The van der Waals surface area contributed by atoms with E-state index in [9.17, 15) is 9.59 Å². The fourth-order valence-electron chi connectivity index (χ4n) is 6.85. The van der Waals surface area contributed by atoms with Crippen LogP contribution in [0.25, 0.3) is 27.9 Å². The molecule has 0 bridgehead atoms. The summed E-state index contributed by atoms with van der Waals surface area (Å²) in [6, 6.07) is 4.07. The minimum Gasteiger partial charge on any atom is -0.444 e. The Labute approximate surface area is 258 Å². The quantitative estimate of drug-likeness (QED) is 0.242. The first kappa shape index (κ1) is 30.1. The molecule has 4 aromatic heterocycles. The van der Waals surface area contributed by atoms with Crippen LogP contribution in [0.1, 0.15) is 102 Å². The van der Waals surface area contributed by atoms with Gasteiger partial charge in [-0.25, -0.2) is 23.7 Å². The lowest BCUT2D eigenvalue weighted by atomic mass is 9.57. The molecule has 10 heteroatoms. The van der Waals surface area contributed by atoms with Gasteiger partial charge in [0.1, 0.15) is 17.5 Å². The normalized spacial score (nSPS) is 16.9. The molecule has 0 N–H and O–H groups in total. The highest BCUT2D eigenvalue weighted by atomic mass is 16.6. The minimum absolute atomic E-state index is 0.0758. The van der Waals surface area contributed by atoms with E-state index in [-0.39, 0.29) is 17.4 Å². The van der Waals surface area contributed by atoms with Gasteiger partial charge in [0.25, 0.3) is 0 Å². The van der Waals surface area contributed by atoms with E-state index in [1.807, 2.05) is 60.7 Å². The van der Waals surface area contributed by atoms with E-state index >= 15 is 0 Å². The zero-order valence-electron chi connectivity index (χ0n) is 27.6. The molecule has 2 fully saturated rings. The first-order valence-electron chi connectivity index (χ1n) is 15.5. The highest BCUT2D eigenvalue weighted by molar-refractivity contribution is 5.99. The first-order valence-corrected chi connectivity index (χ1v) is 15.5. The summed E-state index contributed by atoms with van der Waals surface area (Å²) in [6.45, 7) is 21.1. The summed E-state index contributed by atoms with van der Waals surface area (Å²) in [5.41, 5.74) is 7.04. The Morgan fingerprint density at radius 2 is 1.59 bits per heavy atom. The Kier molecular flexibility index (Phi) is 6.86. The van der Waals surface area contributed by atoms with Crippen LogP contribution in [0.15, 0.2) is 24.7 Å². The van der Waals surface area contributed by atoms with Gasteiger partial charge in [0.15, 0.2) is 5.65 Å². The second-order valence-electron chi connectivity index (χ2n) is 15.1. The Balaban J connectivity index is 1.40. The molecule has 0 aromatic carbocycles. The fraction of sp³-hybridized carbons (Fsp3) is 0.559. The SMILES string of the molecule is Cc1c(-c2c(C(C)C)c3nc(C4CC5(C4)CN(C(=O)OC(C)(C)C)C5)ccc3n2C(=O)OC(C)(C)C)cn2ncnc2c1C. The maximum absolute atomic E-state index is 13.9. The molecular weight excluding hydrogens is 556 g/mol. The van der Waals surface area contributed by atoms with Gasteiger partial charge in [-0.15, -0.1) is 0 Å². The molecule has 6 rings (SSSR count). The van der Waals surface area contributed by atoms with Crippen molar-refractivity contribution in [3.05, 3.63) is 47.0 Å². The summed E-state index contributed by atoms with van der Waals surface area (Å²) in [7, 11) is 0. The molecule has 1 aliphatic heterocycles. The topological polar surface area (TPSA) is 104 Å². The number of rotatable bonds is 3. The zero-order chi connectivity index (χ0) is 31.9. The van der Waals surface area contributed by atoms with Gasteiger partial charge in [0.2, 0.25) is 0 Å². The number of pyridine rings is 2. The molecule has 234 valence electrons. The van der Waals surface area contributed by atoms with Gasteiger partial charge in [0, 0.05) is 47.4 Å². The molecule has 1 spiro atoms. The molecule has 10 nitrogen and oxygen atoms in total. The molecule has 1 saturated heterocycles. The van der Waals surface area contributed by atoms with Crippen molar-refractivity contribution < 1.29 is 19.1 Å². The van der Waals surface area contributed by atoms with E-state index in [0.717, 1.165) is 76.3 Å². The average molecular weight is 601 g/mol. The number of amides is 1. The molecule has 1 amide bonds. The van der Waals surface area contributed by atoms with Crippen LogP contribution < -0.4 is 0 Å². The fourth-order valence-corrected chi connectivity index (χ4v) is 6.85. The molecule has 2 aliphatic rings. The van der Waals surface area contributed by atoms with Crippen LogP contribution >= 0.6 is 0 Å². The Bertz CT molecular complexity index is 1790. The number of aromatic nitrogens is 5. The summed E-state index contributed by atoms with van der Waals surface area (Å²) in [5, 5.41) is 4.42. The van der Waals surface area contributed by atoms with Crippen LogP contribution in [0.3, 0.4) is 0 Å². The van der Waals surface area contributed by atoms with Gasteiger partial charge in [0.05, 0.1) is 16.7 Å². The van der Waals surface area contributed by atoms with E-state index < -0.39 is 17.3 Å². The van der Waals surface area contributed by atoms with Crippen molar-refractivity contribution in [3.8, 4) is 11.3 Å². The number of hydrogen-bond acceptors (Lipinski definition) is 7. The predicted molar refractivity (Wildman–Crippen MR) is 169 cm³/mol. The molecule has 4 aromatic rings. The van der Waals surface area contributed by atoms with Crippen LogP contribution in [0.2, 0.25) is 0 Å². The van der Waals surface area contributed by atoms with E-state index in [0.29, 0.717) is 5.92 Å². The smallest absolute Gasteiger partial charge is 0.419 e. The number of aryl methyl sites for hydroxylation is 1. The van der Waals surface area contributed by atoms with Crippen molar-refractivity contribution in [1.29, 1.82) is 0 Å². The van der Waals surface area contributed by atoms with Crippen LogP contribution in [0.4, 0.5) is 9.59 Å². The largest absolute Gasteiger partial charge is 0.444 e. The van der Waals surface area contributed by atoms with Gasteiger partial charge in [-0.3, -0.25) is 4.98 Å². The van der Waals surface area contributed by atoms with E-state index in [1.165, 1.54) is 0 Å². The number of ether oxygens (including phenoxy) is 2. The Morgan fingerprint density at radius 1 is 0.955 bits per heavy atom. The predicted octanol–water partition coefficient (Wildman–Crippen LogP) is 7.38. The highest BCUT2D eigenvalue weighted by Crippen LogP contribution is 2.56. The number of carbonyl (C=O) groups is 2. The third-order valence-corrected chi connectivity index (χ3v) is 8.89. The molecule has 0 radical (unpaired) electrons. The minimum atomic E-state index is -0.673. The van der Waals surface area contributed by atoms with Gasteiger partial charge >= 0.3 is 12.2 Å². The van der Waals surface area contributed by atoms with E-state index in [2.05, 4.69) is 36.9 Å². The van der Waals surface area contributed by atoms with Crippen molar-refractivity contribution in [2.45, 2.75) is 105 Å². The first-order chi connectivity index (χ1) is 20.5. The lowest BCUT2D eigenvalue weighted by molar-refractivity contribution is -0.0791. The van der Waals surface area contributed by atoms with Crippen LogP contribution in [0, 0.1) is 19.3 Å². The molecule has 5 heterocycles. The monoisotopic (exact) mass is 600 g/mol. The Hall–Kier alpha value is -3.95. The van der Waals surface area contributed by atoms with Gasteiger partial charge < -0.3 is 14.4 Å². The number of nitrogens with zero attached hydrogens (tertiary/aromatic N) is 6. The molecule has 1 aliphatic carbocycles. The summed E-state index contributed by atoms with van der Waals surface area (Å²) >= 11 is 0. The third kappa shape index (κ3) is 5.12. The van der Waals surface area contributed by atoms with Crippen LogP contribution in [-0.4, -0.2) is 65.5 Å². The summed E-state index contributed by atoms with van der Waals surface area (Å²) in [4.78, 5) is 37.9. The summed E-state index contributed by atoms with van der Waals surface area (Å²) in [6.07, 6.45) is 4.78. The zero-order valence-corrected chi connectivity index (χ0v) is 27.6. The molecule has 0 atom stereocenters. The second-order valence-corrected chi connectivity index (χ2v) is 15.1. The van der Waals surface area contributed by atoms with Crippen molar-refractivity contribution in [1.82, 2.24) is 29.0 Å². The summed E-state index contributed by atoms with van der Waals surface area (Å²) < 4.78 is 15.0. The average Bonchev–Trinajstić information content (AvgIpc) is 3.44.